The lowest BCUT2D eigenvalue weighted by atomic mass is 9.50. The monoisotopic (exact) mass is 342 g/mol. The van der Waals surface area contributed by atoms with Gasteiger partial charge in [-0.3, -0.25) is 0 Å². The summed E-state index contributed by atoms with van der Waals surface area (Å²) in [7, 11) is 0. The number of nitrogens with zero attached hydrogens (tertiary/aromatic N) is 4. The van der Waals surface area contributed by atoms with Crippen molar-refractivity contribution >= 4 is 0 Å². The zero-order valence-electron chi connectivity index (χ0n) is 14.3. The summed E-state index contributed by atoms with van der Waals surface area (Å²) in [6.45, 7) is 4.30. The molecule has 1 saturated heterocycles. The first kappa shape index (κ1) is 16.6. The van der Waals surface area contributed by atoms with E-state index < -0.39 is 16.7 Å². The molecule has 5 heteroatoms. The van der Waals surface area contributed by atoms with Crippen LogP contribution in [0.4, 0.5) is 0 Å². The Kier molecular flexibility index (Phi) is 3.56. The summed E-state index contributed by atoms with van der Waals surface area (Å²) in [6.07, 6.45) is 8.90. The smallest absolute Gasteiger partial charge is 0.182 e. The molecule has 26 heavy (non-hydrogen) atoms. The Balaban J connectivity index is 1.92. The van der Waals surface area contributed by atoms with Crippen molar-refractivity contribution in [3.05, 3.63) is 36.5 Å². The summed E-state index contributed by atoms with van der Waals surface area (Å²) in [5.74, 6) is 0.232. The van der Waals surface area contributed by atoms with Gasteiger partial charge in [-0.2, -0.15) is 21.0 Å². The third-order valence-corrected chi connectivity index (χ3v) is 7.00. The highest BCUT2D eigenvalue weighted by atomic mass is 16.5. The average Bonchev–Trinajstić information content (AvgIpc) is 3.21. The Morgan fingerprint density at radius 3 is 2.46 bits per heavy atom. The zero-order valence-corrected chi connectivity index (χ0v) is 14.3. The first-order chi connectivity index (χ1) is 12.6. The van der Waals surface area contributed by atoms with Crippen molar-refractivity contribution in [3.63, 3.8) is 0 Å². The van der Waals surface area contributed by atoms with Crippen LogP contribution in [0.25, 0.3) is 0 Å². The maximum absolute atomic E-state index is 10.1. The van der Waals surface area contributed by atoms with E-state index in [1.54, 1.807) is 0 Å². The molecule has 0 aromatic rings. The second-order valence-electron chi connectivity index (χ2n) is 7.74. The highest BCUT2D eigenvalue weighted by Crippen LogP contribution is 2.63. The fraction of sp³-hybridized carbons (Fsp3) is 0.524. The molecule has 0 spiro atoms. The van der Waals surface area contributed by atoms with E-state index in [2.05, 4.69) is 30.9 Å². The lowest BCUT2D eigenvalue weighted by molar-refractivity contribution is 0.0552. The Bertz CT molecular complexity index is 859. The van der Waals surface area contributed by atoms with Gasteiger partial charge in [0.15, 0.2) is 10.8 Å². The van der Waals surface area contributed by atoms with Gasteiger partial charge in [-0.25, -0.2) is 0 Å². The third-order valence-electron chi connectivity index (χ3n) is 7.00. The SMILES string of the molecule is C=C[C@H]1C[C@H]2C3C(=CCC(C#N)(C#N)C3(C#N)C#N)CO[C@H]3C=C[C@@H]1[C@H]32. The highest BCUT2D eigenvalue weighted by molar-refractivity contribution is 5.44. The van der Waals surface area contributed by atoms with Crippen molar-refractivity contribution in [2.45, 2.75) is 18.9 Å². The van der Waals surface area contributed by atoms with Crippen LogP contribution in [-0.2, 0) is 4.74 Å². The van der Waals surface area contributed by atoms with Crippen LogP contribution in [0.2, 0.25) is 0 Å². The summed E-state index contributed by atoms with van der Waals surface area (Å²) in [4.78, 5) is 0. The molecular formula is C21H18N4O. The van der Waals surface area contributed by atoms with Crippen LogP contribution in [0, 0.1) is 85.7 Å². The van der Waals surface area contributed by atoms with Crippen LogP contribution in [0.15, 0.2) is 36.5 Å². The molecule has 4 aliphatic rings. The van der Waals surface area contributed by atoms with Crippen LogP contribution in [0.5, 0.6) is 0 Å². The number of nitriles is 4. The van der Waals surface area contributed by atoms with Gasteiger partial charge in [0.25, 0.3) is 0 Å². The summed E-state index contributed by atoms with van der Waals surface area (Å²) in [5.41, 5.74) is -2.45. The van der Waals surface area contributed by atoms with Gasteiger partial charge in [-0.05, 0) is 35.7 Å². The number of rotatable bonds is 1. The van der Waals surface area contributed by atoms with E-state index >= 15 is 0 Å². The van der Waals surface area contributed by atoms with Gasteiger partial charge >= 0.3 is 0 Å². The molecule has 1 saturated carbocycles. The molecule has 5 nitrogen and oxygen atoms in total. The van der Waals surface area contributed by atoms with E-state index in [-0.39, 0.29) is 36.2 Å². The quantitative estimate of drug-likeness (QED) is 0.681. The second-order valence-corrected chi connectivity index (χ2v) is 7.74. The van der Waals surface area contributed by atoms with E-state index in [9.17, 15) is 21.0 Å². The van der Waals surface area contributed by atoms with E-state index in [1.807, 2.05) is 24.3 Å². The van der Waals surface area contributed by atoms with Crippen molar-refractivity contribution in [1.29, 1.82) is 21.0 Å². The first-order valence-electron chi connectivity index (χ1n) is 8.87. The van der Waals surface area contributed by atoms with Crippen molar-refractivity contribution < 1.29 is 4.74 Å². The molecule has 0 aromatic heterocycles. The fourth-order valence-electron chi connectivity index (χ4n) is 5.78. The van der Waals surface area contributed by atoms with Crippen LogP contribution in [-0.4, -0.2) is 12.7 Å². The summed E-state index contributed by atoms with van der Waals surface area (Å²) in [6, 6.07) is 8.33. The van der Waals surface area contributed by atoms with Crippen molar-refractivity contribution in [1.82, 2.24) is 0 Å². The lowest BCUT2D eigenvalue weighted by Gasteiger charge is -2.44. The molecule has 4 rings (SSSR count). The topological polar surface area (TPSA) is 104 Å². The predicted molar refractivity (Wildman–Crippen MR) is 91.2 cm³/mol. The molecule has 0 amide bonds. The predicted octanol–water partition coefficient (Wildman–Crippen LogP) is 3.02. The Morgan fingerprint density at radius 2 is 1.85 bits per heavy atom. The van der Waals surface area contributed by atoms with Crippen molar-refractivity contribution in [2.24, 2.45) is 40.4 Å². The second kappa shape index (κ2) is 5.57. The molecule has 3 aliphatic carbocycles. The average molecular weight is 342 g/mol. The van der Waals surface area contributed by atoms with Gasteiger partial charge in [0.1, 0.15) is 0 Å². The zero-order chi connectivity index (χ0) is 18.5. The number of allylic oxidation sites excluding steroid dienone is 3. The van der Waals surface area contributed by atoms with Gasteiger partial charge in [-0.1, -0.05) is 24.3 Å². The lowest BCUT2D eigenvalue weighted by Crippen LogP contribution is -2.50. The van der Waals surface area contributed by atoms with E-state index in [0.29, 0.717) is 6.61 Å². The molecule has 2 fully saturated rings. The number of ether oxygens (including phenoxy) is 1. The Hall–Kier alpha value is -2.86. The summed E-state index contributed by atoms with van der Waals surface area (Å²) >= 11 is 0. The number of hydrogen-bond acceptors (Lipinski definition) is 5. The summed E-state index contributed by atoms with van der Waals surface area (Å²) in [5, 5.41) is 39.7. The molecule has 0 bridgehead atoms. The molecule has 1 aliphatic heterocycles. The van der Waals surface area contributed by atoms with Crippen molar-refractivity contribution in [2.75, 3.05) is 6.61 Å². The minimum Gasteiger partial charge on any atom is -0.369 e. The Morgan fingerprint density at radius 1 is 1.12 bits per heavy atom. The molecule has 1 unspecified atom stereocenters. The van der Waals surface area contributed by atoms with Gasteiger partial charge < -0.3 is 4.74 Å². The largest absolute Gasteiger partial charge is 0.369 e. The first-order valence-corrected chi connectivity index (χ1v) is 8.87. The maximum Gasteiger partial charge on any atom is 0.182 e. The minimum atomic E-state index is -1.69. The van der Waals surface area contributed by atoms with Gasteiger partial charge in [0.2, 0.25) is 0 Å². The molecule has 0 radical (unpaired) electrons. The highest BCUT2D eigenvalue weighted by Gasteiger charge is 2.66. The van der Waals surface area contributed by atoms with E-state index in [4.69, 9.17) is 4.74 Å². The van der Waals surface area contributed by atoms with Crippen LogP contribution in [0.3, 0.4) is 0 Å². The Labute approximate surface area is 153 Å². The van der Waals surface area contributed by atoms with E-state index in [0.717, 1.165) is 12.0 Å². The normalized spacial score (nSPS) is 40.4. The number of hydrogen-bond donors (Lipinski definition) is 0. The fourth-order valence-corrected chi connectivity index (χ4v) is 5.78. The minimum absolute atomic E-state index is 0.0115. The summed E-state index contributed by atoms with van der Waals surface area (Å²) < 4.78 is 6.11. The third kappa shape index (κ3) is 1.74. The standard InChI is InChI=1S/C21H18N4O/c1-2-13-7-16-18-15(13)3-4-17(18)26-8-14-5-6-20(9-22,10-23)21(11-24,12-25)19(14)16/h2-5,13,15-19H,1,6-8H2/t13-,15-,16+,17-,18-,19?/m0/s1. The molecule has 128 valence electrons. The maximum atomic E-state index is 10.1. The number of fused-ring (bicyclic) bond motifs is 2. The van der Waals surface area contributed by atoms with Crippen molar-refractivity contribution in [3.8, 4) is 24.3 Å². The molecule has 0 aromatic carbocycles. The molecule has 1 heterocycles. The van der Waals surface area contributed by atoms with Gasteiger partial charge in [0.05, 0.1) is 37.0 Å². The molecule has 0 N–H and O–H groups in total. The van der Waals surface area contributed by atoms with Crippen LogP contribution >= 0.6 is 0 Å². The molecule has 6 atom stereocenters. The van der Waals surface area contributed by atoms with Gasteiger partial charge in [-0.15, -0.1) is 6.58 Å². The van der Waals surface area contributed by atoms with Crippen LogP contribution in [0.1, 0.15) is 12.8 Å². The van der Waals surface area contributed by atoms with Crippen LogP contribution < -0.4 is 0 Å². The molecular weight excluding hydrogens is 324 g/mol. The van der Waals surface area contributed by atoms with Gasteiger partial charge in [0, 0.05) is 12.3 Å². The van der Waals surface area contributed by atoms with E-state index in [1.165, 1.54) is 0 Å².